The summed E-state index contributed by atoms with van der Waals surface area (Å²) in [4.78, 5) is 2.53. The van der Waals surface area contributed by atoms with Crippen LogP contribution in [0, 0.1) is 11.3 Å². The normalized spacial score (nSPS) is 27.2. The lowest BCUT2D eigenvalue weighted by Crippen LogP contribution is -2.41. The highest BCUT2D eigenvalue weighted by atomic mass is 15.1. The summed E-state index contributed by atoms with van der Waals surface area (Å²) in [6, 6.07) is 0.736. The van der Waals surface area contributed by atoms with Gasteiger partial charge in [0.1, 0.15) is 0 Å². The minimum Gasteiger partial charge on any atom is -0.317 e. The van der Waals surface area contributed by atoms with E-state index < -0.39 is 0 Å². The van der Waals surface area contributed by atoms with Crippen LogP contribution < -0.4 is 5.32 Å². The largest absolute Gasteiger partial charge is 0.317 e. The van der Waals surface area contributed by atoms with Crippen molar-refractivity contribution in [3.8, 4) is 0 Å². The molecule has 2 nitrogen and oxygen atoms in total. The van der Waals surface area contributed by atoms with Crippen LogP contribution in [0.4, 0.5) is 0 Å². The molecule has 1 aliphatic carbocycles. The highest BCUT2D eigenvalue weighted by Crippen LogP contribution is 2.25. The SMILES string of the molecule is CNC1CCCCCC1CN(C)CC(C)(C)C. The topological polar surface area (TPSA) is 15.3 Å². The zero-order chi connectivity index (χ0) is 12.9. The predicted octanol–water partition coefficient (Wildman–Crippen LogP) is 3.13. The fourth-order valence-electron chi connectivity index (χ4n) is 3.26. The number of rotatable bonds is 4. The first-order valence-corrected chi connectivity index (χ1v) is 7.28. The van der Waals surface area contributed by atoms with Crippen molar-refractivity contribution < 1.29 is 0 Å². The van der Waals surface area contributed by atoms with Gasteiger partial charge in [-0.15, -0.1) is 0 Å². The molecular weight excluding hydrogens is 208 g/mol. The van der Waals surface area contributed by atoms with Crippen LogP contribution in [-0.4, -0.2) is 38.1 Å². The molecule has 0 aromatic heterocycles. The van der Waals surface area contributed by atoms with E-state index in [9.17, 15) is 0 Å². The van der Waals surface area contributed by atoms with Crippen LogP contribution in [0.3, 0.4) is 0 Å². The molecule has 1 N–H and O–H groups in total. The second-order valence-electron chi connectivity index (χ2n) is 7.05. The lowest BCUT2D eigenvalue weighted by Gasteiger charge is -2.32. The quantitative estimate of drug-likeness (QED) is 0.760. The summed E-state index contributed by atoms with van der Waals surface area (Å²) in [5, 5.41) is 3.54. The number of nitrogens with zero attached hydrogens (tertiary/aromatic N) is 1. The van der Waals surface area contributed by atoms with Crippen LogP contribution in [0.25, 0.3) is 0 Å². The maximum absolute atomic E-state index is 3.54. The van der Waals surface area contributed by atoms with Crippen LogP contribution in [0.15, 0.2) is 0 Å². The molecule has 0 bridgehead atoms. The van der Waals surface area contributed by atoms with Crippen LogP contribution >= 0.6 is 0 Å². The van der Waals surface area contributed by atoms with E-state index in [0.717, 1.165) is 12.0 Å². The van der Waals surface area contributed by atoms with Gasteiger partial charge in [-0.3, -0.25) is 0 Å². The van der Waals surface area contributed by atoms with E-state index in [-0.39, 0.29) is 0 Å². The van der Waals surface area contributed by atoms with Gasteiger partial charge in [0.05, 0.1) is 0 Å². The third kappa shape index (κ3) is 5.87. The minimum absolute atomic E-state index is 0.411. The smallest absolute Gasteiger partial charge is 0.0104 e. The Morgan fingerprint density at radius 3 is 2.35 bits per heavy atom. The third-order valence-electron chi connectivity index (χ3n) is 3.82. The number of nitrogens with one attached hydrogen (secondary N) is 1. The maximum Gasteiger partial charge on any atom is 0.0104 e. The summed E-state index contributed by atoms with van der Waals surface area (Å²) in [6.45, 7) is 9.42. The maximum atomic E-state index is 3.54. The molecule has 2 unspecified atom stereocenters. The molecule has 1 rings (SSSR count). The zero-order valence-corrected chi connectivity index (χ0v) is 12.6. The van der Waals surface area contributed by atoms with Gasteiger partial charge in [0.2, 0.25) is 0 Å². The summed E-state index contributed by atoms with van der Waals surface area (Å²) >= 11 is 0. The minimum atomic E-state index is 0.411. The predicted molar refractivity (Wildman–Crippen MR) is 76.4 cm³/mol. The molecule has 1 aliphatic rings. The summed E-state index contributed by atoms with van der Waals surface area (Å²) in [5.74, 6) is 0.842. The molecular formula is C15H32N2. The second kappa shape index (κ2) is 6.75. The Morgan fingerprint density at radius 1 is 1.12 bits per heavy atom. The number of hydrogen-bond donors (Lipinski definition) is 1. The first-order valence-electron chi connectivity index (χ1n) is 7.28. The second-order valence-corrected chi connectivity index (χ2v) is 7.05. The van der Waals surface area contributed by atoms with Crippen molar-refractivity contribution in [2.24, 2.45) is 11.3 Å². The Morgan fingerprint density at radius 2 is 1.76 bits per heavy atom. The highest BCUT2D eigenvalue weighted by molar-refractivity contribution is 4.81. The first kappa shape index (κ1) is 15.0. The lowest BCUT2D eigenvalue weighted by atomic mass is 9.92. The molecule has 0 aromatic rings. The van der Waals surface area contributed by atoms with Crippen molar-refractivity contribution in [1.82, 2.24) is 10.2 Å². The van der Waals surface area contributed by atoms with Crippen molar-refractivity contribution in [2.75, 3.05) is 27.2 Å². The standard InChI is InChI=1S/C15H32N2/c1-15(2,3)12-17(5)11-13-9-7-6-8-10-14(13)16-4/h13-14,16H,6-12H2,1-5H3. The molecule has 1 fully saturated rings. The summed E-state index contributed by atoms with van der Waals surface area (Å²) in [5.41, 5.74) is 0.411. The van der Waals surface area contributed by atoms with Gasteiger partial charge in [0, 0.05) is 19.1 Å². The Kier molecular flexibility index (Phi) is 5.94. The molecule has 2 atom stereocenters. The summed E-state index contributed by atoms with van der Waals surface area (Å²) < 4.78 is 0. The van der Waals surface area contributed by atoms with E-state index in [2.05, 4.69) is 45.1 Å². The van der Waals surface area contributed by atoms with Gasteiger partial charge < -0.3 is 10.2 Å². The van der Waals surface area contributed by atoms with Crippen molar-refractivity contribution >= 4 is 0 Å². The molecule has 0 saturated heterocycles. The van der Waals surface area contributed by atoms with E-state index in [0.29, 0.717) is 5.41 Å². The summed E-state index contributed by atoms with van der Waals surface area (Å²) in [7, 11) is 4.41. The van der Waals surface area contributed by atoms with Crippen LogP contribution in [0.2, 0.25) is 0 Å². The van der Waals surface area contributed by atoms with Gasteiger partial charge in [0.15, 0.2) is 0 Å². The molecule has 0 aliphatic heterocycles. The first-order chi connectivity index (χ1) is 7.92. The molecule has 0 amide bonds. The van der Waals surface area contributed by atoms with Crippen molar-refractivity contribution in [3.63, 3.8) is 0 Å². The Labute approximate surface area is 108 Å². The average molecular weight is 240 g/mol. The molecule has 102 valence electrons. The van der Waals surface area contributed by atoms with Gasteiger partial charge in [-0.25, -0.2) is 0 Å². The van der Waals surface area contributed by atoms with E-state index >= 15 is 0 Å². The molecule has 2 heteroatoms. The van der Waals surface area contributed by atoms with Gasteiger partial charge in [0.25, 0.3) is 0 Å². The van der Waals surface area contributed by atoms with E-state index in [1.165, 1.54) is 45.2 Å². The lowest BCUT2D eigenvalue weighted by molar-refractivity contribution is 0.177. The monoisotopic (exact) mass is 240 g/mol. The van der Waals surface area contributed by atoms with Gasteiger partial charge in [-0.05, 0) is 38.3 Å². The Balaban J connectivity index is 2.46. The van der Waals surface area contributed by atoms with Crippen LogP contribution in [-0.2, 0) is 0 Å². The molecule has 0 heterocycles. The van der Waals surface area contributed by atoms with E-state index in [4.69, 9.17) is 0 Å². The Hall–Kier alpha value is -0.0800. The van der Waals surface area contributed by atoms with Crippen molar-refractivity contribution in [1.29, 1.82) is 0 Å². The van der Waals surface area contributed by atoms with Crippen LogP contribution in [0.1, 0.15) is 52.9 Å². The Bertz CT molecular complexity index is 207. The molecule has 0 spiro atoms. The molecule has 17 heavy (non-hydrogen) atoms. The fourth-order valence-corrected chi connectivity index (χ4v) is 3.26. The van der Waals surface area contributed by atoms with Crippen molar-refractivity contribution in [3.05, 3.63) is 0 Å². The van der Waals surface area contributed by atoms with Crippen molar-refractivity contribution in [2.45, 2.75) is 58.9 Å². The summed E-state index contributed by atoms with van der Waals surface area (Å²) in [6.07, 6.45) is 7.03. The average Bonchev–Trinajstić information content (AvgIpc) is 2.39. The van der Waals surface area contributed by atoms with Gasteiger partial charge in [-0.2, -0.15) is 0 Å². The van der Waals surface area contributed by atoms with E-state index in [1.54, 1.807) is 0 Å². The van der Waals surface area contributed by atoms with Crippen LogP contribution in [0.5, 0.6) is 0 Å². The van der Waals surface area contributed by atoms with Gasteiger partial charge >= 0.3 is 0 Å². The third-order valence-corrected chi connectivity index (χ3v) is 3.82. The fraction of sp³-hybridized carbons (Fsp3) is 1.00. The molecule has 1 saturated carbocycles. The van der Waals surface area contributed by atoms with Gasteiger partial charge in [-0.1, -0.05) is 40.0 Å². The van der Waals surface area contributed by atoms with E-state index in [1.807, 2.05) is 0 Å². The number of hydrogen-bond acceptors (Lipinski definition) is 2. The molecule has 0 aromatic carbocycles. The highest BCUT2D eigenvalue weighted by Gasteiger charge is 2.24. The molecule has 0 radical (unpaired) electrons. The zero-order valence-electron chi connectivity index (χ0n) is 12.6.